The van der Waals surface area contributed by atoms with E-state index in [9.17, 15) is 5.11 Å². The highest BCUT2D eigenvalue weighted by Gasteiger charge is 2.16. The summed E-state index contributed by atoms with van der Waals surface area (Å²) in [5.74, 6) is 2.09. The van der Waals surface area contributed by atoms with Crippen molar-refractivity contribution in [2.24, 2.45) is 7.05 Å². The van der Waals surface area contributed by atoms with Gasteiger partial charge in [-0.15, -0.1) is 0 Å². The van der Waals surface area contributed by atoms with E-state index in [-0.39, 0.29) is 12.0 Å². The zero-order valence-corrected chi connectivity index (χ0v) is 15.2. The number of nitrogens with zero attached hydrogens (tertiary/aromatic N) is 5. The third-order valence-corrected chi connectivity index (χ3v) is 4.39. The molecule has 0 aliphatic rings. The Kier molecular flexibility index (Phi) is 5.57. The van der Waals surface area contributed by atoms with Gasteiger partial charge in [-0.3, -0.25) is 4.68 Å². The van der Waals surface area contributed by atoms with Gasteiger partial charge in [-0.1, -0.05) is 20.8 Å². The molecular formula is C17H29N5O. The van der Waals surface area contributed by atoms with Gasteiger partial charge in [0.1, 0.15) is 5.82 Å². The summed E-state index contributed by atoms with van der Waals surface area (Å²) in [4.78, 5) is 4.69. The first kappa shape index (κ1) is 17.7. The van der Waals surface area contributed by atoms with Gasteiger partial charge >= 0.3 is 0 Å². The molecule has 23 heavy (non-hydrogen) atoms. The normalized spacial score (nSPS) is 13.0. The molecule has 0 saturated carbocycles. The van der Waals surface area contributed by atoms with Crippen LogP contribution in [0.1, 0.15) is 61.7 Å². The first-order valence-electron chi connectivity index (χ1n) is 8.44. The van der Waals surface area contributed by atoms with Crippen LogP contribution in [0.2, 0.25) is 0 Å². The molecule has 2 aromatic rings. The molecule has 0 aliphatic carbocycles. The lowest BCUT2D eigenvalue weighted by atomic mass is 10.1. The molecule has 0 saturated heterocycles. The topological polar surface area (TPSA) is 68.8 Å². The Balaban J connectivity index is 2.20. The molecule has 1 atom stereocenters. The van der Waals surface area contributed by atoms with Crippen molar-refractivity contribution < 1.29 is 5.11 Å². The van der Waals surface area contributed by atoms with E-state index in [0.717, 1.165) is 36.6 Å². The molecule has 128 valence electrons. The van der Waals surface area contributed by atoms with E-state index >= 15 is 0 Å². The van der Waals surface area contributed by atoms with Crippen molar-refractivity contribution in [2.45, 2.75) is 72.4 Å². The highest BCUT2D eigenvalue weighted by molar-refractivity contribution is 5.25. The summed E-state index contributed by atoms with van der Waals surface area (Å²) in [7, 11) is 1.98. The van der Waals surface area contributed by atoms with Gasteiger partial charge in [0.2, 0.25) is 0 Å². The van der Waals surface area contributed by atoms with Crippen molar-refractivity contribution in [3.63, 3.8) is 0 Å². The minimum Gasteiger partial charge on any atom is -0.391 e. The van der Waals surface area contributed by atoms with Crippen molar-refractivity contribution in [1.29, 1.82) is 0 Å². The number of aliphatic hydroxyl groups is 1. The highest BCUT2D eigenvalue weighted by atomic mass is 16.3. The van der Waals surface area contributed by atoms with Crippen LogP contribution in [0.15, 0.2) is 0 Å². The molecule has 1 unspecified atom stereocenters. The van der Waals surface area contributed by atoms with E-state index in [2.05, 4.69) is 31.0 Å². The zero-order valence-electron chi connectivity index (χ0n) is 15.2. The van der Waals surface area contributed by atoms with Gasteiger partial charge in [-0.05, 0) is 32.3 Å². The second kappa shape index (κ2) is 7.25. The number of aromatic nitrogens is 5. The average Bonchev–Trinajstić information content (AvgIpc) is 2.99. The van der Waals surface area contributed by atoms with Crippen molar-refractivity contribution >= 4 is 0 Å². The zero-order chi connectivity index (χ0) is 17.1. The Morgan fingerprint density at radius 1 is 1.13 bits per heavy atom. The van der Waals surface area contributed by atoms with E-state index in [1.807, 2.05) is 30.3 Å². The summed E-state index contributed by atoms with van der Waals surface area (Å²) in [5, 5.41) is 19.0. The van der Waals surface area contributed by atoms with Crippen LogP contribution in [0.4, 0.5) is 0 Å². The van der Waals surface area contributed by atoms with Crippen LogP contribution in [0, 0.1) is 13.8 Å². The molecular weight excluding hydrogens is 290 g/mol. The first-order chi connectivity index (χ1) is 10.8. The third kappa shape index (κ3) is 3.99. The Morgan fingerprint density at radius 3 is 2.35 bits per heavy atom. The highest BCUT2D eigenvalue weighted by Crippen LogP contribution is 2.17. The smallest absolute Gasteiger partial charge is 0.153 e. The summed E-state index contributed by atoms with van der Waals surface area (Å²) in [6.45, 7) is 10.8. The van der Waals surface area contributed by atoms with Crippen molar-refractivity contribution in [3.05, 3.63) is 28.6 Å². The van der Waals surface area contributed by atoms with Gasteiger partial charge in [0.25, 0.3) is 0 Å². The summed E-state index contributed by atoms with van der Waals surface area (Å²) in [5.41, 5.74) is 3.56. The molecule has 2 rings (SSSR count). The molecule has 0 aliphatic heterocycles. The number of hydrogen-bond acceptors (Lipinski definition) is 4. The van der Waals surface area contributed by atoms with E-state index < -0.39 is 0 Å². The maximum absolute atomic E-state index is 9.96. The summed E-state index contributed by atoms with van der Waals surface area (Å²) < 4.78 is 3.81. The largest absolute Gasteiger partial charge is 0.391 e. The number of aryl methyl sites for hydroxylation is 3. The molecule has 6 nitrogen and oxygen atoms in total. The number of hydrogen-bond donors (Lipinski definition) is 1. The summed E-state index contributed by atoms with van der Waals surface area (Å²) in [6, 6.07) is 0. The van der Waals surface area contributed by atoms with Crippen LogP contribution in [0.25, 0.3) is 0 Å². The second-order valence-electron chi connectivity index (χ2n) is 6.56. The first-order valence-corrected chi connectivity index (χ1v) is 8.44. The van der Waals surface area contributed by atoms with Crippen LogP contribution in [-0.2, 0) is 26.4 Å². The maximum Gasteiger partial charge on any atom is 0.153 e. The standard InChI is InChI=1S/C17H29N5O/c1-7-14(23)10-22-16(18-17(20-22)11(2)3)9-8-15-12(4)19-21(6)13(15)5/h11,14,23H,7-10H2,1-6H3. The molecule has 1 N–H and O–H groups in total. The summed E-state index contributed by atoms with van der Waals surface area (Å²) >= 11 is 0. The van der Waals surface area contributed by atoms with Gasteiger partial charge in [0, 0.05) is 25.1 Å². The molecule has 0 radical (unpaired) electrons. The van der Waals surface area contributed by atoms with E-state index in [0.29, 0.717) is 6.54 Å². The predicted molar refractivity (Wildman–Crippen MR) is 90.5 cm³/mol. The van der Waals surface area contributed by atoms with Crippen molar-refractivity contribution in [1.82, 2.24) is 24.5 Å². The molecule has 6 heteroatoms. The Hall–Kier alpha value is -1.69. The lowest BCUT2D eigenvalue weighted by Crippen LogP contribution is -2.18. The van der Waals surface area contributed by atoms with Gasteiger partial charge in [0.15, 0.2) is 5.82 Å². The van der Waals surface area contributed by atoms with Gasteiger partial charge in [0.05, 0.1) is 18.3 Å². The Labute approximate surface area is 138 Å². The average molecular weight is 319 g/mol. The lowest BCUT2D eigenvalue weighted by Gasteiger charge is -2.10. The number of aliphatic hydroxyl groups excluding tert-OH is 1. The van der Waals surface area contributed by atoms with Gasteiger partial charge < -0.3 is 5.11 Å². The van der Waals surface area contributed by atoms with E-state index in [1.54, 1.807) is 0 Å². The summed E-state index contributed by atoms with van der Waals surface area (Å²) in [6.07, 6.45) is 2.04. The molecule has 2 aromatic heterocycles. The fraction of sp³-hybridized carbons (Fsp3) is 0.706. The van der Waals surface area contributed by atoms with E-state index in [4.69, 9.17) is 4.98 Å². The fourth-order valence-electron chi connectivity index (χ4n) is 2.71. The maximum atomic E-state index is 9.96. The Bertz CT molecular complexity index is 656. The molecule has 0 amide bonds. The van der Waals surface area contributed by atoms with Gasteiger partial charge in [-0.25, -0.2) is 9.67 Å². The van der Waals surface area contributed by atoms with Crippen LogP contribution in [0.3, 0.4) is 0 Å². The van der Waals surface area contributed by atoms with Crippen molar-refractivity contribution in [2.75, 3.05) is 0 Å². The number of rotatable bonds is 7. The molecule has 0 bridgehead atoms. The van der Waals surface area contributed by atoms with Crippen LogP contribution in [0.5, 0.6) is 0 Å². The third-order valence-electron chi connectivity index (χ3n) is 4.39. The minimum absolute atomic E-state index is 0.288. The second-order valence-corrected chi connectivity index (χ2v) is 6.56. The van der Waals surface area contributed by atoms with Gasteiger partial charge in [-0.2, -0.15) is 10.2 Å². The van der Waals surface area contributed by atoms with E-state index in [1.165, 1.54) is 11.3 Å². The predicted octanol–water partition coefficient (Wildman–Crippen LogP) is 2.31. The lowest BCUT2D eigenvalue weighted by molar-refractivity contribution is 0.143. The molecule has 2 heterocycles. The van der Waals surface area contributed by atoms with Crippen LogP contribution < -0.4 is 0 Å². The quantitative estimate of drug-likeness (QED) is 0.850. The monoisotopic (exact) mass is 319 g/mol. The molecule has 0 aromatic carbocycles. The molecule has 0 spiro atoms. The van der Waals surface area contributed by atoms with Crippen molar-refractivity contribution in [3.8, 4) is 0 Å². The SMILES string of the molecule is CCC(O)Cn1nc(C(C)C)nc1CCc1c(C)nn(C)c1C. The van der Waals surface area contributed by atoms with Crippen LogP contribution >= 0.6 is 0 Å². The minimum atomic E-state index is -0.377. The fourth-order valence-corrected chi connectivity index (χ4v) is 2.71. The van der Waals surface area contributed by atoms with Crippen LogP contribution in [-0.4, -0.2) is 35.8 Å². The molecule has 0 fully saturated rings. The Morgan fingerprint density at radius 2 is 1.83 bits per heavy atom.